The summed E-state index contributed by atoms with van der Waals surface area (Å²) in [5.74, 6) is 0. The van der Waals surface area contributed by atoms with Crippen LogP contribution >= 0.6 is 11.6 Å². The van der Waals surface area contributed by atoms with Gasteiger partial charge in [0.2, 0.25) is 0 Å². The Morgan fingerprint density at radius 3 is 2.62 bits per heavy atom. The summed E-state index contributed by atoms with van der Waals surface area (Å²) in [4.78, 5) is 7.92. The summed E-state index contributed by atoms with van der Waals surface area (Å²) in [5.41, 5.74) is 9.14. The topological polar surface area (TPSA) is 51.8 Å². The predicted octanol–water partition coefficient (Wildman–Crippen LogP) is 2.49. The van der Waals surface area contributed by atoms with Gasteiger partial charge in [-0.25, -0.2) is 9.97 Å². The van der Waals surface area contributed by atoms with E-state index >= 15 is 0 Å². The maximum atomic E-state index is 6.15. The first-order chi connectivity index (χ1) is 7.68. The lowest BCUT2D eigenvalue weighted by atomic mass is 9.98. The van der Waals surface area contributed by atoms with E-state index in [4.69, 9.17) is 17.3 Å². The van der Waals surface area contributed by atoms with Crippen molar-refractivity contribution in [1.29, 1.82) is 0 Å². The number of hydrogen-bond acceptors (Lipinski definition) is 3. The average molecular weight is 234 g/mol. The normalized spacial score (nSPS) is 12.4. The number of aromatic nitrogens is 2. The highest BCUT2D eigenvalue weighted by Crippen LogP contribution is 2.24. The van der Waals surface area contributed by atoms with Gasteiger partial charge in [0.05, 0.1) is 6.04 Å². The van der Waals surface area contributed by atoms with Gasteiger partial charge in [-0.2, -0.15) is 0 Å². The molecule has 4 heteroatoms. The quantitative estimate of drug-likeness (QED) is 0.867. The second-order valence-electron chi connectivity index (χ2n) is 3.65. The van der Waals surface area contributed by atoms with Crippen LogP contribution in [0.2, 0.25) is 5.02 Å². The summed E-state index contributed by atoms with van der Waals surface area (Å²) in [5, 5.41) is 0.688. The fraction of sp³-hybridized carbons (Fsp3) is 0.167. The lowest BCUT2D eigenvalue weighted by molar-refractivity contribution is 0.842. The SMILES string of the molecule is Cc1ccc(Cl)cc1C(N)c1cncnc1. The molecule has 0 aliphatic carbocycles. The Bertz CT molecular complexity index is 485. The third-order valence-electron chi connectivity index (χ3n) is 2.52. The van der Waals surface area contributed by atoms with E-state index in [9.17, 15) is 0 Å². The highest BCUT2D eigenvalue weighted by Gasteiger charge is 2.12. The smallest absolute Gasteiger partial charge is 0.115 e. The number of aryl methyl sites for hydroxylation is 1. The van der Waals surface area contributed by atoms with E-state index in [0.29, 0.717) is 5.02 Å². The van der Waals surface area contributed by atoms with Gasteiger partial charge in [-0.15, -0.1) is 0 Å². The van der Waals surface area contributed by atoms with Gasteiger partial charge in [0.1, 0.15) is 6.33 Å². The van der Waals surface area contributed by atoms with Crippen molar-refractivity contribution >= 4 is 11.6 Å². The van der Waals surface area contributed by atoms with Gasteiger partial charge in [-0.1, -0.05) is 17.7 Å². The van der Waals surface area contributed by atoms with Gasteiger partial charge in [0.15, 0.2) is 0 Å². The Kier molecular flexibility index (Phi) is 3.17. The monoisotopic (exact) mass is 233 g/mol. The van der Waals surface area contributed by atoms with Crippen LogP contribution in [-0.4, -0.2) is 9.97 Å². The Hall–Kier alpha value is -1.45. The van der Waals surface area contributed by atoms with E-state index < -0.39 is 0 Å². The number of halogens is 1. The van der Waals surface area contributed by atoms with E-state index in [0.717, 1.165) is 16.7 Å². The molecule has 0 bridgehead atoms. The van der Waals surface area contributed by atoms with Crippen LogP contribution in [0.4, 0.5) is 0 Å². The number of benzene rings is 1. The van der Waals surface area contributed by atoms with Gasteiger partial charge in [0, 0.05) is 23.0 Å². The molecule has 0 spiro atoms. The maximum absolute atomic E-state index is 6.15. The lowest BCUT2D eigenvalue weighted by Gasteiger charge is -2.14. The molecule has 1 heterocycles. The number of hydrogen-bond donors (Lipinski definition) is 1. The van der Waals surface area contributed by atoms with E-state index in [2.05, 4.69) is 9.97 Å². The molecule has 0 saturated heterocycles. The van der Waals surface area contributed by atoms with Gasteiger partial charge in [-0.05, 0) is 30.2 Å². The van der Waals surface area contributed by atoms with Crippen LogP contribution in [0.5, 0.6) is 0 Å². The van der Waals surface area contributed by atoms with Crippen molar-refractivity contribution in [3.8, 4) is 0 Å². The molecule has 3 nitrogen and oxygen atoms in total. The fourth-order valence-electron chi connectivity index (χ4n) is 1.60. The molecular weight excluding hydrogens is 222 g/mol. The van der Waals surface area contributed by atoms with E-state index in [1.54, 1.807) is 12.4 Å². The highest BCUT2D eigenvalue weighted by atomic mass is 35.5. The van der Waals surface area contributed by atoms with Gasteiger partial charge in [-0.3, -0.25) is 0 Å². The zero-order chi connectivity index (χ0) is 11.5. The van der Waals surface area contributed by atoms with Crippen LogP contribution in [0, 0.1) is 6.92 Å². The average Bonchev–Trinajstić information content (AvgIpc) is 2.32. The maximum Gasteiger partial charge on any atom is 0.115 e. The third-order valence-corrected chi connectivity index (χ3v) is 2.75. The summed E-state index contributed by atoms with van der Waals surface area (Å²) >= 11 is 5.96. The Morgan fingerprint density at radius 2 is 1.94 bits per heavy atom. The molecule has 2 N–H and O–H groups in total. The van der Waals surface area contributed by atoms with Crippen molar-refractivity contribution in [2.75, 3.05) is 0 Å². The van der Waals surface area contributed by atoms with Crippen LogP contribution in [0.25, 0.3) is 0 Å². The van der Waals surface area contributed by atoms with Crippen LogP contribution in [-0.2, 0) is 0 Å². The predicted molar refractivity (Wildman–Crippen MR) is 64.3 cm³/mol. The van der Waals surface area contributed by atoms with Crippen LogP contribution in [0.3, 0.4) is 0 Å². The molecule has 2 aromatic rings. The highest BCUT2D eigenvalue weighted by molar-refractivity contribution is 6.30. The first kappa shape index (κ1) is 11.0. The molecule has 0 aliphatic rings. The summed E-state index contributed by atoms with van der Waals surface area (Å²) < 4.78 is 0. The van der Waals surface area contributed by atoms with E-state index in [1.165, 1.54) is 6.33 Å². The third kappa shape index (κ3) is 2.21. The molecule has 0 saturated carbocycles. The minimum atomic E-state index is -0.236. The summed E-state index contributed by atoms with van der Waals surface area (Å²) in [6.07, 6.45) is 4.93. The number of rotatable bonds is 2. The Balaban J connectivity index is 2.41. The molecule has 1 unspecified atom stereocenters. The van der Waals surface area contributed by atoms with Crippen LogP contribution < -0.4 is 5.73 Å². The van der Waals surface area contributed by atoms with E-state index in [1.807, 2.05) is 25.1 Å². The van der Waals surface area contributed by atoms with Gasteiger partial charge < -0.3 is 5.73 Å². The molecule has 0 aliphatic heterocycles. The second kappa shape index (κ2) is 4.60. The van der Waals surface area contributed by atoms with Crippen LogP contribution in [0.1, 0.15) is 22.7 Å². The minimum absolute atomic E-state index is 0.236. The molecule has 1 aromatic carbocycles. The molecule has 1 atom stereocenters. The zero-order valence-corrected chi connectivity index (χ0v) is 9.65. The van der Waals surface area contributed by atoms with Gasteiger partial charge >= 0.3 is 0 Å². The first-order valence-electron chi connectivity index (χ1n) is 4.95. The van der Waals surface area contributed by atoms with Crippen molar-refractivity contribution in [2.45, 2.75) is 13.0 Å². The molecule has 82 valence electrons. The van der Waals surface area contributed by atoms with Crippen LogP contribution in [0.15, 0.2) is 36.9 Å². The molecule has 0 fully saturated rings. The second-order valence-corrected chi connectivity index (χ2v) is 4.09. The molecule has 2 rings (SSSR count). The molecular formula is C12H12ClN3. The summed E-state index contributed by atoms with van der Waals surface area (Å²) in [7, 11) is 0. The summed E-state index contributed by atoms with van der Waals surface area (Å²) in [6.45, 7) is 2.01. The van der Waals surface area contributed by atoms with Crippen molar-refractivity contribution in [3.05, 3.63) is 58.6 Å². The standard InChI is InChI=1S/C12H12ClN3/c1-8-2-3-10(13)4-11(8)12(14)9-5-15-7-16-6-9/h2-7,12H,14H2,1H3. The van der Waals surface area contributed by atoms with Crippen molar-refractivity contribution in [3.63, 3.8) is 0 Å². The van der Waals surface area contributed by atoms with E-state index in [-0.39, 0.29) is 6.04 Å². The minimum Gasteiger partial charge on any atom is -0.320 e. The largest absolute Gasteiger partial charge is 0.320 e. The molecule has 16 heavy (non-hydrogen) atoms. The van der Waals surface area contributed by atoms with Crippen molar-refractivity contribution in [1.82, 2.24) is 9.97 Å². The molecule has 0 amide bonds. The van der Waals surface area contributed by atoms with Crippen molar-refractivity contribution in [2.24, 2.45) is 5.73 Å². The number of nitrogens with zero attached hydrogens (tertiary/aromatic N) is 2. The Labute approximate surface area is 99.3 Å². The van der Waals surface area contributed by atoms with Crippen molar-refractivity contribution < 1.29 is 0 Å². The van der Waals surface area contributed by atoms with Gasteiger partial charge in [0.25, 0.3) is 0 Å². The lowest BCUT2D eigenvalue weighted by Crippen LogP contribution is -2.13. The number of nitrogens with two attached hydrogens (primary N) is 1. The molecule has 1 aromatic heterocycles. The summed E-state index contributed by atoms with van der Waals surface area (Å²) in [6, 6.07) is 5.46. The first-order valence-corrected chi connectivity index (χ1v) is 5.33. The molecule has 0 radical (unpaired) electrons. The fourth-order valence-corrected chi connectivity index (χ4v) is 1.78. The zero-order valence-electron chi connectivity index (χ0n) is 8.89. The Morgan fingerprint density at radius 1 is 1.25 bits per heavy atom.